The molecule has 2 fully saturated rings. The molecule has 6 rings (SSSR count). The second-order valence-corrected chi connectivity index (χ2v) is 9.08. The van der Waals surface area contributed by atoms with E-state index in [2.05, 4.69) is 30.1 Å². The predicted octanol–water partition coefficient (Wildman–Crippen LogP) is 1.54. The number of fused-ring (bicyclic) bond motifs is 1. The Morgan fingerprint density at radius 1 is 1.06 bits per heavy atom. The number of rotatable bonds is 4. The Labute approximate surface area is 207 Å². The number of likely N-dealkylation sites (tertiary alicyclic amines) is 1. The molecule has 4 aliphatic rings. The van der Waals surface area contributed by atoms with Gasteiger partial charge in [-0.25, -0.2) is 20.0 Å². The summed E-state index contributed by atoms with van der Waals surface area (Å²) in [6.07, 6.45) is 9.78. The van der Waals surface area contributed by atoms with E-state index in [9.17, 15) is 4.79 Å². The minimum Gasteiger partial charge on any atom is -0.379 e. The molecule has 2 saturated heterocycles. The number of nitrogens with two attached hydrogens (primary N) is 1. The van der Waals surface area contributed by atoms with Crippen molar-refractivity contribution in [2.45, 2.75) is 18.6 Å². The van der Waals surface area contributed by atoms with Crippen molar-refractivity contribution < 1.29 is 9.53 Å². The van der Waals surface area contributed by atoms with Gasteiger partial charge in [-0.2, -0.15) is 5.11 Å². The lowest BCUT2D eigenvalue weighted by Gasteiger charge is -2.48. The molecule has 6 heterocycles. The van der Waals surface area contributed by atoms with Crippen LogP contribution < -0.4 is 5.73 Å². The summed E-state index contributed by atoms with van der Waals surface area (Å²) in [5.41, 5.74) is 8.51. The molecule has 184 valence electrons. The number of pyridine rings is 1. The fourth-order valence-electron chi connectivity index (χ4n) is 5.20. The van der Waals surface area contributed by atoms with Crippen molar-refractivity contribution in [3.05, 3.63) is 59.8 Å². The van der Waals surface area contributed by atoms with E-state index in [1.807, 2.05) is 4.90 Å². The molecule has 0 saturated carbocycles. The van der Waals surface area contributed by atoms with Gasteiger partial charge in [-0.15, -0.1) is 5.11 Å². The Bertz CT molecular complexity index is 1260. The Balaban J connectivity index is 1.35. The Morgan fingerprint density at radius 2 is 1.83 bits per heavy atom. The van der Waals surface area contributed by atoms with E-state index in [0.29, 0.717) is 56.5 Å². The zero-order chi connectivity index (χ0) is 24.5. The standard InChI is InChI=1S/C24H26N10O2/c25-23-27-13-17(14-28-23)20-19-15-29-32-21(19)31-24(30-20,34-8-10-36-11-9-34)18-3-6-33(7-4-18)22(35)16-2-1-5-26-12-16/h1-2,5,12-15,18H,3-4,6-11H2,(H2,25,27,28). The number of nitrogens with zero attached hydrogens (tertiary/aromatic N) is 9. The number of hydrogen-bond acceptors (Lipinski definition) is 11. The van der Waals surface area contributed by atoms with Crippen molar-refractivity contribution in [2.24, 2.45) is 26.1 Å². The highest BCUT2D eigenvalue weighted by Gasteiger charge is 2.49. The van der Waals surface area contributed by atoms with Gasteiger partial charge in [0.05, 0.1) is 36.3 Å². The van der Waals surface area contributed by atoms with Gasteiger partial charge in [-0.3, -0.25) is 14.7 Å². The molecule has 2 N–H and O–H groups in total. The predicted molar refractivity (Wildman–Crippen MR) is 131 cm³/mol. The molecular formula is C24H26N10O2. The molecule has 1 atom stereocenters. The number of amides is 1. The number of hydrogen-bond donors (Lipinski definition) is 1. The third-order valence-electron chi connectivity index (χ3n) is 7.04. The van der Waals surface area contributed by atoms with Crippen LogP contribution in [0.4, 0.5) is 5.95 Å². The summed E-state index contributed by atoms with van der Waals surface area (Å²) >= 11 is 0. The van der Waals surface area contributed by atoms with Crippen LogP contribution in [0.2, 0.25) is 0 Å². The number of ether oxygens (including phenoxy) is 1. The average molecular weight is 487 g/mol. The molecule has 0 spiro atoms. The van der Waals surface area contributed by atoms with Gasteiger partial charge in [0.15, 0.2) is 5.84 Å². The van der Waals surface area contributed by atoms with Crippen LogP contribution in [-0.2, 0) is 4.74 Å². The Kier molecular flexibility index (Phi) is 5.82. The van der Waals surface area contributed by atoms with Crippen molar-refractivity contribution >= 4 is 23.4 Å². The third-order valence-corrected chi connectivity index (χ3v) is 7.04. The van der Waals surface area contributed by atoms with Gasteiger partial charge < -0.3 is 15.4 Å². The quantitative estimate of drug-likeness (QED) is 0.689. The van der Waals surface area contributed by atoms with E-state index in [0.717, 1.165) is 24.0 Å². The summed E-state index contributed by atoms with van der Waals surface area (Å²) in [7, 11) is 0. The van der Waals surface area contributed by atoms with Gasteiger partial charge in [0.2, 0.25) is 11.7 Å². The van der Waals surface area contributed by atoms with Crippen LogP contribution in [-0.4, -0.2) is 87.4 Å². The molecule has 0 radical (unpaired) electrons. The van der Waals surface area contributed by atoms with Crippen LogP contribution in [0.5, 0.6) is 0 Å². The number of anilines is 1. The van der Waals surface area contributed by atoms with Crippen molar-refractivity contribution in [1.29, 1.82) is 0 Å². The van der Waals surface area contributed by atoms with Crippen LogP contribution in [0.25, 0.3) is 0 Å². The van der Waals surface area contributed by atoms with E-state index >= 15 is 0 Å². The normalized spacial score (nSPS) is 24.7. The topological polar surface area (TPSA) is 147 Å². The number of nitrogen functional groups attached to an aromatic ring is 1. The third kappa shape index (κ3) is 3.97. The lowest BCUT2D eigenvalue weighted by molar-refractivity contribution is -0.0508. The lowest BCUT2D eigenvalue weighted by Crippen LogP contribution is -2.59. The summed E-state index contributed by atoms with van der Waals surface area (Å²) in [6.45, 7) is 3.80. The van der Waals surface area contributed by atoms with Gasteiger partial charge in [-0.05, 0) is 25.0 Å². The SMILES string of the molecule is Nc1ncc(C2=NC(C3CCN(C(=O)c4cccnc4)CC3)(N3CCOCC3)N=C3N=NC=C32)cn1. The first-order valence-electron chi connectivity index (χ1n) is 12.1. The fraction of sp³-hybridized carbons (Fsp3) is 0.417. The van der Waals surface area contributed by atoms with Gasteiger partial charge in [0.1, 0.15) is 0 Å². The molecule has 2 aromatic heterocycles. The summed E-state index contributed by atoms with van der Waals surface area (Å²) in [6, 6.07) is 3.58. The number of piperidine rings is 1. The van der Waals surface area contributed by atoms with Crippen LogP contribution >= 0.6 is 0 Å². The van der Waals surface area contributed by atoms with E-state index < -0.39 is 5.79 Å². The largest absolute Gasteiger partial charge is 0.379 e. The fourth-order valence-corrected chi connectivity index (χ4v) is 5.20. The second kappa shape index (κ2) is 9.28. The first kappa shape index (κ1) is 22.6. The number of carbonyl (C=O) groups excluding carboxylic acids is 1. The van der Waals surface area contributed by atoms with Crippen LogP contribution in [0.1, 0.15) is 28.8 Å². The zero-order valence-corrected chi connectivity index (χ0v) is 19.7. The van der Waals surface area contributed by atoms with Crippen LogP contribution in [0, 0.1) is 5.92 Å². The van der Waals surface area contributed by atoms with Gasteiger partial charge >= 0.3 is 0 Å². The molecular weight excluding hydrogens is 460 g/mol. The number of aromatic nitrogens is 3. The lowest BCUT2D eigenvalue weighted by atomic mass is 9.86. The van der Waals surface area contributed by atoms with E-state index in [1.54, 1.807) is 43.1 Å². The summed E-state index contributed by atoms with van der Waals surface area (Å²) in [5, 5.41) is 8.46. The maximum Gasteiger partial charge on any atom is 0.255 e. The van der Waals surface area contributed by atoms with Crippen LogP contribution in [0.15, 0.2) is 68.9 Å². The van der Waals surface area contributed by atoms with E-state index in [4.69, 9.17) is 20.5 Å². The molecule has 0 aromatic carbocycles. The second-order valence-electron chi connectivity index (χ2n) is 9.08. The Hall–Kier alpha value is -3.90. The summed E-state index contributed by atoms with van der Waals surface area (Å²) in [4.78, 5) is 40.1. The molecule has 1 unspecified atom stereocenters. The van der Waals surface area contributed by atoms with Crippen LogP contribution in [0.3, 0.4) is 0 Å². The summed E-state index contributed by atoms with van der Waals surface area (Å²) in [5.74, 6) is -0.0841. The average Bonchev–Trinajstić information content (AvgIpc) is 3.42. The van der Waals surface area contributed by atoms with Crippen molar-refractivity contribution in [1.82, 2.24) is 24.8 Å². The number of morpholine rings is 1. The van der Waals surface area contributed by atoms with E-state index in [1.165, 1.54) is 0 Å². The van der Waals surface area contributed by atoms with Gasteiger partial charge in [0, 0.05) is 62.4 Å². The number of azo groups is 1. The number of carbonyl (C=O) groups is 1. The molecule has 2 aromatic rings. The smallest absolute Gasteiger partial charge is 0.255 e. The minimum absolute atomic E-state index is 0.00467. The zero-order valence-electron chi connectivity index (χ0n) is 19.7. The first-order valence-corrected chi connectivity index (χ1v) is 12.1. The highest BCUT2D eigenvalue weighted by atomic mass is 16.5. The summed E-state index contributed by atoms with van der Waals surface area (Å²) < 4.78 is 5.65. The van der Waals surface area contributed by atoms with Crippen molar-refractivity contribution in [3.63, 3.8) is 0 Å². The van der Waals surface area contributed by atoms with Gasteiger partial charge in [0.25, 0.3) is 5.91 Å². The highest BCUT2D eigenvalue weighted by Crippen LogP contribution is 2.41. The molecule has 12 heteroatoms. The number of amidine groups is 1. The molecule has 36 heavy (non-hydrogen) atoms. The van der Waals surface area contributed by atoms with Crippen molar-refractivity contribution in [2.75, 3.05) is 45.1 Å². The van der Waals surface area contributed by atoms with Crippen molar-refractivity contribution in [3.8, 4) is 0 Å². The first-order chi connectivity index (χ1) is 17.6. The molecule has 0 bridgehead atoms. The molecule has 0 aliphatic carbocycles. The number of aliphatic imine (C=N–C) groups is 2. The molecule has 4 aliphatic heterocycles. The Morgan fingerprint density at radius 3 is 2.56 bits per heavy atom. The molecule has 12 nitrogen and oxygen atoms in total. The maximum atomic E-state index is 13.0. The minimum atomic E-state index is -0.889. The van der Waals surface area contributed by atoms with E-state index in [-0.39, 0.29) is 17.8 Å². The highest BCUT2D eigenvalue weighted by molar-refractivity contribution is 6.31. The maximum absolute atomic E-state index is 13.0. The monoisotopic (exact) mass is 486 g/mol. The molecule has 1 amide bonds. The van der Waals surface area contributed by atoms with Gasteiger partial charge in [-0.1, -0.05) is 0 Å².